The van der Waals surface area contributed by atoms with Gasteiger partial charge in [0.15, 0.2) is 23.3 Å². The lowest BCUT2D eigenvalue weighted by Crippen LogP contribution is -2.51. The number of likely N-dealkylation sites (tertiary alicyclic amines) is 1. The molecule has 1 aromatic heterocycles. The first-order valence-corrected chi connectivity index (χ1v) is 38.2. The molecule has 0 saturated carbocycles. The number of likely N-dealkylation sites (N-methyl/N-ethyl adjacent to an activating group) is 1. The van der Waals surface area contributed by atoms with Crippen molar-refractivity contribution in [1.29, 1.82) is 0 Å². The van der Waals surface area contributed by atoms with Gasteiger partial charge in [-0.25, -0.2) is 4.39 Å². The molecule has 2 saturated heterocycles. The van der Waals surface area contributed by atoms with E-state index in [0.717, 1.165) is 67.1 Å². The van der Waals surface area contributed by atoms with Crippen LogP contribution in [-0.2, 0) is 70.5 Å². The lowest BCUT2D eigenvalue weighted by atomic mass is 9.69. The highest BCUT2D eigenvalue weighted by atomic mass is 19.1. The maximum absolute atomic E-state index is 15.5. The monoisotopic (exact) mass is 1420 g/mol. The number of amides is 3. The number of hydrogen-bond acceptors (Lipinski definition) is 12. The highest BCUT2D eigenvalue weighted by Gasteiger charge is 2.42. The number of halogens is 1. The van der Waals surface area contributed by atoms with E-state index in [9.17, 15) is 23.9 Å². The number of nitrogens with one attached hydrogen (secondary N) is 4. The van der Waals surface area contributed by atoms with Crippen molar-refractivity contribution >= 4 is 69.1 Å². The van der Waals surface area contributed by atoms with Crippen molar-refractivity contribution in [3.8, 4) is 0 Å². The average Bonchev–Trinajstić information content (AvgIpc) is 1.49. The van der Waals surface area contributed by atoms with Crippen molar-refractivity contribution in [3.63, 3.8) is 0 Å². The van der Waals surface area contributed by atoms with Crippen LogP contribution in [-0.4, -0.2) is 125 Å². The minimum absolute atomic E-state index is 0.0128. The number of aromatic amines is 1. The number of ketones is 5. The SMILES string of the molecule is C[C@@H](O)[C@@H]1NC(=O)[C@H](CCCCN)CC(=O)[C@@H](Cc2c[nH]c3ccccc23)NC(=O)[C@H](Cc2ccccc2)CC(=O)[C@H](Cc2ccccc2)NC(=O)[C@H](CCCN=C(N)N)CC(=O)[C@H](CCCC[C@@H]2C[C@@H]3c4cccc5c4C(=CC5)C[C@H]3N(C)C2)CCCCCC(=O)[C@H](Cc2ccc(F)cc2)CC1=O. The maximum Gasteiger partial charge on any atom is 0.224 e. The van der Waals surface area contributed by atoms with E-state index in [4.69, 9.17) is 17.2 Å². The zero-order valence-corrected chi connectivity index (χ0v) is 60.7. The number of rotatable bonds is 22. The number of aliphatic hydroxyl groups excluding tert-OH is 1. The second-order valence-corrected chi connectivity index (χ2v) is 30.1. The first kappa shape index (κ1) is 77.8. The van der Waals surface area contributed by atoms with Crippen LogP contribution in [0.15, 0.2) is 145 Å². The van der Waals surface area contributed by atoms with Crippen molar-refractivity contribution in [2.24, 2.45) is 57.7 Å². The Balaban J connectivity index is 0.972. The van der Waals surface area contributed by atoms with Gasteiger partial charge in [-0.1, -0.05) is 147 Å². The Morgan fingerprint density at radius 1 is 0.587 bits per heavy atom. The highest BCUT2D eigenvalue weighted by molar-refractivity contribution is 5.98. The Kier molecular flexibility index (Phi) is 28.7. The smallest absolute Gasteiger partial charge is 0.224 e. The summed E-state index contributed by atoms with van der Waals surface area (Å²) in [6, 6.07) is 35.1. The van der Waals surface area contributed by atoms with Gasteiger partial charge in [-0.15, -0.1) is 0 Å². The fourth-order valence-corrected chi connectivity index (χ4v) is 16.7. The number of aliphatic imine (C=N–C) groups is 1. The Morgan fingerprint density at radius 2 is 1.18 bits per heavy atom. The second kappa shape index (κ2) is 38.3. The van der Waals surface area contributed by atoms with Gasteiger partial charge in [-0.2, -0.15) is 0 Å². The average molecular weight is 1420 g/mol. The predicted molar refractivity (Wildman–Crippen MR) is 405 cm³/mol. The number of hydrogen-bond donors (Lipinski definition) is 8. The van der Waals surface area contributed by atoms with E-state index in [-0.39, 0.29) is 88.3 Å². The van der Waals surface area contributed by atoms with E-state index in [1.54, 1.807) is 18.3 Å². The summed E-state index contributed by atoms with van der Waals surface area (Å²) in [5.74, 6) is -7.71. The molecular weight excluding hydrogens is 1310 g/mol. The van der Waals surface area contributed by atoms with Crippen LogP contribution < -0.4 is 33.2 Å². The van der Waals surface area contributed by atoms with Crippen molar-refractivity contribution in [1.82, 2.24) is 25.8 Å². The van der Waals surface area contributed by atoms with Crippen LogP contribution in [0, 0.1) is 41.3 Å². The fourth-order valence-electron chi connectivity index (χ4n) is 16.7. The summed E-state index contributed by atoms with van der Waals surface area (Å²) >= 11 is 0. The van der Waals surface area contributed by atoms with Crippen molar-refractivity contribution in [2.75, 3.05) is 26.7 Å². The van der Waals surface area contributed by atoms with Crippen molar-refractivity contribution < 1.29 is 47.9 Å². The molecule has 0 radical (unpaired) electrons. The van der Waals surface area contributed by atoms with Gasteiger partial charge in [0.25, 0.3) is 0 Å². The highest BCUT2D eigenvalue weighted by Crippen LogP contribution is 2.50. The number of nitrogens with two attached hydrogens (primary N) is 3. The molecule has 10 rings (SSSR count). The molecule has 6 aromatic rings. The van der Waals surface area contributed by atoms with Gasteiger partial charge in [0.05, 0.1) is 18.2 Å². The van der Waals surface area contributed by atoms with E-state index in [1.807, 2.05) is 84.9 Å². The third-order valence-electron chi connectivity index (χ3n) is 22.4. The molecule has 3 heterocycles. The standard InChI is InChI=1S/C85H108FN9O9/c1-54(96)81-79(101)50-64(42-57-34-38-67(86)39-35-57)75(97)33-11-5-10-25-59(26-13-12-24-58-44-70-69-31-18-28-60-36-37-61(80(60)69)47-74(70)95(2)53-58)76(98)48-63(29-19-41-90-85(88)89)82(102)92-72(45-56-22-8-4-9-23-56)78(100)51-65(43-55-20-6-3-7-21-55)84(104)93-73(46-66-52-91-71-32-15-14-30-68(66)71)77(99)49-62(83(103)94-81)27-16-17-40-87/h3-4,6-9,14-15,18,20-23,28,30-32,34-35,37-39,52,54,58-59,62-65,70,72-74,81,91,96H,5,10-13,16-17,19,24-27,29,33,36,40-51,53,87H2,1-2H3,(H,92,102)(H,93,104)(H,94,103)(H4,88,89,90)/t54-,58-,59+,62-,63-,64-,65-,70-,72+,73-,74-,81+/m1/s1. The molecule has 5 aromatic carbocycles. The van der Waals surface area contributed by atoms with E-state index in [0.29, 0.717) is 86.9 Å². The van der Waals surface area contributed by atoms with Gasteiger partial charge in [0, 0.05) is 110 Å². The number of aromatic nitrogens is 1. The Morgan fingerprint density at radius 3 is 1.89 bits per heavy atom. The summed E-state index contributed by atoms with van der Waals surface area (Å²) in [7, 11) is 2.26. The lowest BCUT2D eigenvalue weighted by molar-refractivity contribution is -0.137. The minimum Gasteiger partial charge on any atom is -0.391 e. The number of nitrogens with zero attached hydrogens (tertiary/aromatic N) is 2. The molecule has 104 heavy (non-hydrogen) atoms. The molecule has 11 N–H and O–H groups in total. The first-order chi connectivity index (χ1) is 50.3. The van der Waals surface area contributed by atoms with Gasteiger partial charge in [0.1, 0.15) is 23.4 Å². The number of Topliss-reactive ketones (excluding diaryl/α,β-unsaturated/α-hetero) is 5. The predicted octanol–water partition coefficient (Wildman–Crippen LogP) is 11.1. The zero-order valence-electron chi connectivity index (χ0n) is 60.7. The van der Waals surface area contributed by atoms with E-state index < -0.39 is 101 Å². The molecule has 4 aliphatic rings. The van der Waals surface area contributed by atoms with E-state index >= 15 is 24.0 Å². The summed E-state index contributed by atoms with van der Waals surface area (Å²) in [5.41, 5.74) is 27.0. The van der Waals surface area contributed by atoms with Crippen LogP contribution in [0.25, 0.3) is 16.5 Å². The molecule has 3 amide bonds. The molecule has 19 heteroatoms. The van der Waals surface area contributed by atoms with Crippen LogP contribution >= 0.6 is 0 Å². The number of benzene rings is 5. The maximum atomic E-state index is 15.5. The number of fused-ring (bicyclic) bond motifs is 3. The van der Waals surface area contributed by atoms with E-state index in [1.165, 1.54) is 41.3 Å². The second-order valence-electron chi connectivity index (χ2n) is 30.1. The topological polar surface area (TPSA) is 302 Å². The Bertz CT molecular complexity index is 3960. The molecule has 554 valence electrons. The summed E-state index contributed by atoms with van der Waals surface area (Å²) in [6.45, 7) is 2.87. The van der Waals surface area contributed by atoms with E-state index in [2.05, 4.69) is 62.1 Å². The summed E-state index contributed by atoms with van der Waals surface area (Å²) in [6.07, 6.45) is 12.0. The Labute approximate surface area is 612 Å². The van der Waals surface area contributed by atoms with Crippen LogP contribution in [0.2, 0.25) is 0 Å². The van der Waals surface area contributed by atoms with Gasteiger partial charge in [-0.05, 0) is 179 Å². The number of aliphatic hydroxyl groups is 1. The number of carbonyl (C=O) groups is 8. The number of H-pyrrole nitrogens is 1. The number of piperidine rings is 1. The van der Waals surface area contributed by atoms with Gasteiger partial charge >= 0.3 is 0 Å². The van der Waals surface area contributed by atoms with Gasteiger partial charge in [0.2, 0.25) is 17.7 Å². The molecule has 12 atom stereocenters. The van der Waals surface area contributed by atoms with Gasteiger partial charge in [-0.3, -0.25) is 43.3 Å². The van der Waals surface area contributed by atoms with Crippen LogP contribution in [0.5, 0.6) is 0 Å². The number of carbonyl (C=O) groups excluding carboxylic acids is 8. The lowest BCUT2D eigenvalue weighted by Gasteiger charge is -2.47. The van der Waals surface area contributed by atoms with Crippen LogP contribution in [0.3, 0.4) is 0 Å². The van der Waals surface area contributed by atoms with Crippen molar-refractivity contribution in [3.05, 3.63) is 184 Å². The number of guanidine groups is 1. The number of allylic oxidation sites excluding steroid dienone is 1. The third kappa shape index (κ3) is 21.7. The normalized spacial score (nSPS) is 25.0. The number of unbranched alkanes of at least 4 members (excludes halogenated alkanes) is 2. The third-order valence-corrected chi connectivity index (χ3v) is 22.4. The molecule has 2 aliphatic carbocycles. The summed E-state index contributed by atoms with van der Waals surface area (Å²) < 4.78 is 14.3. The quantitative estimate of drug-likeness (QED) is 0.0178. The molecule has 0 unspecified atom stereocenters. The first-order valence-electron chi connectivity index (χ1n) is 38.2. The zero-order chi connectivity index (χ0) is 73.7. The summed E-state index contributed by atoms with van der Waals surface area (Å²) in [5, 5.41) is 21.2. The molecule has 2 aliphatic heterocycles. The van der Waals surface area contributed by atoms with Crippen LogP contribution in [0.4, 0.5) is 4.39 Å². The number of para-hydroxylation sites is 1. The van der Waals surface area contributed by atoms with Gasteiger partial charge < -0.3 is 48.1 Å². The molecule has 2 fully saturated rings. The molecule has 18 nitrogen and oxygen atoms in total. The molecule has 0 bridgehead atoms. The molecular formula is C85H108FN9O9. The van der Waals surface area contributed by atoms with Crippen molar-refractivity contribution in [2.45, 2.75) is 204 Å². The van der Waals surface area contributed by atoms with Crippen LogP contribution in [0.1, 0.15) is 180 Å². The fraction of sp³-hybridized carbons (Fsp3) is 0.494. The largest absolute Gasteiger partial charge is 0.391 e. The summed E-state index contributed by atoms with van der Waals surface area (Å²) in [4.78, 5) is 131. The molecule has 0 spiro atoms. The Hall–Kier alpha value is -8.78. The minimum atomic E-state index is -1.48.